The lowest BCUT2D eigenvalue weighted by Crippen LogP contribution is -2.29. The van der Waals surface area contributed by atoms with E-state index in [1.165, 1.54) is 6.33 Å². The Kier molecular flexibility index (Phi) is 5.06. The second kappa shape index (κ2) is 7.25. The van der Waals surface area contributed by atoms with Crippen LogP contribution in [-0.4, -0.2) is 32.6 Å². The van der Waals surface area contributed by atoms with Crippen molar-refractivity contribution in [1.82, 2.24) is 19.7 Å². The Labute approximate surface area is 155 Å². The van der Waals surface area contributed by atoms with Crippen LogP contribution in [-0.2, 0) is 0 Å². The monoisotopic (exact) mass is 374 g/mol. The topological polar surface area (TPSA) is 51.0 Å². The van der Waals surface area contributed by atoms with E-state index in [-0.39, 0.29) is 11.9 Å². The Hall–Kier alpha value is -2.37. The first-order chi connectivity index (χ1) is 12.0. The molecule has 0 spiro atoms. The summed E-state index contributed by atoms with van der Waals surface area (Å²) in [6.07, 6.45) is 3.12. The van der Waals surface area contributed by atoms with Crippen molar-refractivity contribution in [3.63, 3.8) is 0 Å². The standard InChI is InChI=1S/C18H16Cl2N4O/c1-12(13-3-5-17(6-4-13)24-11-21-10-22-24)23(2)18(25)14-7-15(19)9-16(20)8-14/h3-12H,1-2H3. The van der Waals surface area contributed by atoms with E-state index in [0.717, 1.165) is 11.3 Å². The number of nitrogens with zero attached hydrogens (tertiary/aromatic N) is 4. The zero-order valence-electron chi connectivity index (χ0n) is 13.7. The van der Waals surface area contributed by atoms with Crippen molar-refractivity contribution in [3.8, 4) is 5.69 Å². The quantitative estimate of drug-likeness (QED) is 0.679. The van der Waals surface area contributed by atoms with Crippen LogP contribution in [0.25, 0.3) is 5.69 Å². The van der Waals surface area contributed by atoms with Gasteiger partial charge >= 0.3 is 0 Å². The van der Waals surface area contributed by atoms with Crippen LogP contribution in [0.4, 0.5) is 0 Å². The zero-order valence-corrected chi connectivity index (χ0v) is 15.2. The van der Waals surface area contributed by atoms with Crippen LogP contribution in [0.2, 0.25) is 10.0 Å². The fourth-order valence-electron chi connectivity index (χ4n) is 2.53. The Morgan fingerprint density at radius 1 is 1.12 bits per heavy atom. The second-order valence-electron chi connectivity index (χ2n) is 5.68. The van der Waals surface area contributed by atoms with Gasteiger partial charge in [0.15, 0.2) is 0 Å². The summed E-state index contributed by atoms with van der Waals surface area (Å²) in [5.41, 5.74) is 2.38. The summed E-state index contributed by atoms with van der Waals surface area (Å²) in [5.74, 6) is -0.141. The van der Waals surface area contributed by atoms with Crippen LogP contribution < -0.4 is 0 Å². The molecule has 5 nitrogen and oxygen atoms in total. The Balaban J connectivity index is 1.79. The maximum absolute atomic E-state index is 12.7. The molecule has 0 N–H and O–H groups in total. The molecule has 1 atom stereocenters. The summed E-state index contributed by atoms with van der Waals surface area (Å²) >= 11 is 12.0. The summed E-state index contributed by atoms with van der Waals surface area (Å²) < 4.78 is 1.68. The molecule has 0 fully saturated rings. The predicted molar refractivity (Wildman–Crippen MR) is 98.3 cm³/mol. The number of halogens is 2. The average molecular weight is 375 g/mol. The average Bonchev–Trinajstić information content (AvgIpc) is 3.14. The highest BCUT2D eigenvalue weighted by Gasteiger charge is 2.19. The number of rotatable bonds is 4. The third-order valence-electron chi connectivity index (χ3n) is 4.07. The first-order valence-electron chi connectivity index (χ1n) is 7.64. The Bertz CT molecular complexity index is 858. The van der Waals surface area contributed by atoms with Gasteiger partial charge in [0.05, 0.1) is 11.7 Å². The highest BCUT2D eigenvalue weighted by Crippen LogP contribution is 2.25. The molecule has 3 rings (SSSR count). The fraction of sp³-hybridized carbons (Fsp3) is 0.167. The molecule has 1 unspecified atom stereocenters. The van der Waals surface area contributed by atoms with E-state index in [1.807, 2.05) is 31.2 Å². The maximum atomic E-state index is 12.7. The van der Waals surface area contributed by atoms with E-state index in [0.29, 0.717) is 15.6 Å². The molecule has 128 valence electrons. The zero-order chi connectivity index (χ0) is 18.0. The molecular formula is C18H16Cl2N4O. The normalized spacial score (nSPS) is 12.0. The first kappa shape index (κ1) is 17.5. The molecule has 0 aliphatic carbocycles. The van der Waals surface area contributed by atoms with Crippen LogP contribution in [0.15, 0.2) is 55.1 Å². The van der Waals surface area contributed by atoms with Gasteiger partial charge in [-0.15, -0.1) is 0 Å². The van der Waals surface area contributed by atoms with E-state index in [2.05, 4.69) is 10.1 Å². The minimum absolute atomic E-state index is 0.116. The van der Waals surface area contributed by atoms with Crippen molar-refractivity contribution in [2.45, 2.75) is 13.0 Å². The number of amides is 1. The van der Waals surface area contributed by atoms with Crippen molar-refractivity contribution in [2.75, 3.05) is 7.05 Å². The van der Waals surface area contributed by atoms with Crippen LogP contribution in [0.5, 0.6) is 0 Å². The van der Waals surface area contributed by atoms with Crippen LogP contribution in [0, 0.1) is 0 Å². The number of hydrogen-bond donors (Lipinski definition) is 0. The molecule has 3 aromatic rings. The number of benzene rings is 2. The number of carbonyl (C=O) groups is 1. The van der Waals surface area contributed by atoms with Gasteiger partial charge in [0.2, 0.25) is 0 Å². The number of aromatic nitrogens is 3. The summed E-state index contributed by atoms with van der Waals surface area (Å²) in [6, 6.07) is 12.5. The first-order valence-corrected chi connectivity index (χ1v) is 8.39. The van der Waals surface area contributed by atoms with E-state index in [1.54, 1.807) is 41.2 Å². The molecule has 0 bridgehead atoms. The van der Waals surface area contributed by atoms with E-state index >= 15 is 0 Å². The number of hydrogen-bond acceptors (Lipinski definition) is 3. The van der Waals surface area contributed by atoms with E-state index in [4.69, 9.17) is 23.2 Å². The lowest BCUT2D eigenvalue weighted by molar-refractivity contribution is 0.0742. The SMILES string of the molecule is CC(c1ccc(-n2cncn2)cc1)N(C)C(=O)c1cc(Cl)cc(Cl)c1. The van der Waals surface area contributed by atoms with Gasteiger partial charge < -0.3 is 4.90 Å². The summed E-state index contributed by atoms with van der Waals surface area (Å²) in [4.78, 5) is 18.3. The van der Waals surface area contributed by atoms with Gasteiger partial charge in [-0.25, -0.2) is 9.67 Å². The van der Waals surface area contributed by atoms with E-state index < -0.39 is 0 Å². The van der Waals surface area contributed by atoms with Crippen LogP contribution >= 0.6 is 23.2 Å². The van der Waals surface area contributed by atoms with Crippen molar-refractivity contribution >= 4 is 29.1 Å². The second-order valence-corrected chi connectivity index (χ2v) is 6.55. The molecule has 0 aliphatic rings. The smallest absolute Gasteiger partial charge is 0.254 e. The molecule has 1 aromatic heterocycles. The highest BCUT2D eigenvalue weighted by molar-refractivity contribution is 6.35. The van der Waals surface area contributed by atoms with Crippen molar-refractivity contribution in [1.29, 1.82) is 0 Å². The maximum Gasteiger partial charge on any atom is 0.254 e. The summed E-state index contributed by atoms with van der Waals surface area (Å²) in [7, 11) is 1.76. The molecule has 1 heterocycles. The number of carbonyl (C=O) groups excluding carboxylic acids is 1. The van der Waals surface area contributed by atoms with Gasteiger partial charge in [-0.2, -0.15) is 5.10 Å². The third-order valence-corrected chi connectivity index (χ3v) is 4.51. The minimum atomic E-state index is -0.141. The van der Waals surface area contributed by atoms with Crippen molar-refractivity contribution < 1.29 is 4.79 Å². The molecule has 0 aliphatic heterocycles. The van der Waals surface area contributed by atoms with Crippen molar-refractivity contribution in [2.24, 2.45) is 0 Å². The molecule has 2 aromatic carbocycles. The van der Waals surface area contributed by atoms with Gasteiger partial charge in [-0.05, 0) is 42.8 Å². The highest BCUT2D eigenvalue weighted by atomic mass is 35.5. The van der Waals surface area contributed by atoms with Crippen molar-refractivity contribution in [3.05, 3.63) is 76.3 Å². The van der Waals surface area contributed by atoms with E-state index in [9.17, 15) is 4.79 Å². The molecule has 7 heteroatoms. The van der Waals surface area contributed by atoms with Gasteiger partial charge in [0.1, 0.15) is 12.7 Å². The molecule has 0 saturated carbocycles. The lowest BCUT2D eigenvalue weighted by Gasteiger charge is -2.25. The largest absolute Gasteiger partial charge is 0.335 e. The van der Waals surface area contributed by atoms with Gasteiger partial charge in [0.25, 0.3) is 5.91 Å². The Morgan fingerprint density at radius 3 is 2.32 bits per heavy atom. The molecule has 1 amide bonds. The predicted octanol–water partition coefficient (Wildman–Crippen LogP) is 4.41. The van der Waals surface area contributed by atoms with Gasteiger partial charge in [0, 0.05) is 22.7 Å². The summed E-state index contributed by atoms with van der Waals surface area (Å²) in [6.45, 7) is 1.97. The third kappa shape index (κ3) is 3.83. The van der Waals surface area contributed by atoms with Crippen LogP contribution in [0.1, 0.15) is 28.9 Å². The molecule has 25 heavy (non-hydrogen) atoms. The summed E-state index contributed by atoms with van der Waals surface area (Å²) in [5, 5.41) is 4.97. The fourth-order valence-corrected chi connectivity index (χ4v) is 3.05. The molecule has 0 saturated heterocycles. The van der Waals surface area contributed by atoms with Crippen LogP contribution in [0.3, 0.4) is 0 Å². The van der Waals surface area contributed by atoms with Gasteiger partial charge in [-0.1, -0.05) is 35.3 Å². The Morgan fingerprint density at radius 2 is 1.76 bits per heavy atom. The van der Waals surface area contributed by atoms with Gasteiger partial charge in [-0.3, -0.25) is 4.79 Å². The molecular weight excluding hydrogens is 359 g/mol. The minimum Gasteiger partial charge on any atom is -0.335 e. The molecule has 0 radical (unpaired) electrons. The lowest BCUT2D eigenvalue weighted by atomic mass is 10.1.